The van der Waals surface area contributed by atoms with Gasteiger partial charge in [-0.1, -0.05) is 0 Å². The Kier molecular flexibility index (Phi) is 3.03. The average molecular weight is 199 g/mol. The molecule has 0 amide bonds. The topological polar surface area (TPSA) is 58.6 Å². The average Bonchev–Trinajstić information content (AvgIpc) is 2.53. The molecule has 80 valence electrons. The molecule has 1 aliphatic heterocycles. The lowest BCUT2D eigenvalue weighted by Gasteiger charge is -2.34. The second-order valence-electron chi connectivity index (χ2n) is 4.27. The number of rotatable bonds is 4. The third-order valence-electron chi connectivity index (χ3n) is 3.28. The lowest BCUT2D eigenvalue weighted by molar-refractivity contribution is -0.146. The molecule has 2 rings (SSSR count). The molecule has 0 radical (unpaired) electrons. The summed E-state index contributed by atoms with van der Waals surface area (Å²) in [4.78, 5) is 10.7. The van der Waals surface area contributed by atoms with E-state index in [9.17, 15) is 4.79 Å². The van der Waals surface area contributed by atoms with Crippen LogP contribution in [0.2, 0.25) is 0 Å². The van der Waals surface area contributed by atoms with E-state index < -0.39 is 5.97 Å². The summed E-state index contributed by atoms with van der Waals surface area (Å²) < 4.78 is 5.26. The molecule has 0 aromatic heterocycles. The van der Waals surface area contributed by atoms with Gasteiger partial charge in [-0.2, -0.15) is 0 Å². The van der Waals surface area contributed by atoms with Gasteiger partial charge in [0.15, 0.2) is 0 Å². The molecule has 0 spiro atoms. The number of carboxylic acid groups (broad SMARTS) is 1. The summed E-state index contributed by atoms with van der Waals surface area (Å²) in [6, 6.07) is 0.202. The summed E-state index contributed by atoms with van der Waals surface area (Å²) in [5, 5.41) is 12.2. The minimum absolute atomic E-state index is 0.155. The molecular weight excluding hydrogens is 182 g/mol. The van der Waals surface area contributed by atoms with Crippen LogP contribution in [-0.4, -0.2) is 36.9 Å². The Morgan fingerprint density at radius 2 is 2.29 bits per heavy atom. The normalized spacial score (nSPS) is 36.7. The minimum Gasteiger partial charge on any atom is -0.481 e. The first-order valence-electron chi connectivity index (χ1n) is 5.31. The zero-order valence-electron chi connectivity index (χ0n) is 8.24. The van der Waals surface area contributed by atoms with Crippen molar-refractivity contribution in [2.45, 2.75) is 25.3 Å². The highest BCUT2D eigenvalue weighted by atomic mass is 16.5. The molecule has 2 N–H and O–H groups in total. The largest absolute Gasteiger partial charge is 0.481 e. The highest BCUT2D eigenvalue weighted by Gasteiger charge is 2.36. The first-order chi connectivity index (χ1) is 6.77. The van der Waals surface area contributed by atoms with E-state index in [2.05, 4.69) is 5.32 Å². The van der Waals surface area contributed by atoms with E-state index in [0.717, 1.165) is 39.0 Å². The summed E-state index contributed by atoms with van der Waals surface area (Å²) in [5.74, 6) is -0.223. The Hall–Kier alpha value is -0.610. The molecule has 1 saturated carbocycles. The van der Waals surface area contributed by atoms with Crippen molar-refractivity contribution >= 4 is 5.97 Å². The summed E-state index contributed by atoms with van der Waals surface area (Å²) in [6.45, 7) is 2.60. The van der Waals surface area contributed by atoms with Crippen LogP contribution in [0.15, 0.2) is 0 Å². The Morgan fingerprint density at radius 3 is 2.79 bits per heavy atom. The molecule has 0 bridgehead atoms. The predicted octanol–water partition coefficient (Wildman–Crippen LogP) is 0.476. The van der Waals surface area contributed by atoms with Crippen molar-refractivity contribution in [3.63, 3.8) is 0 Å². The summed E-state index contributed by atoms with van der Waals surface area (Å²) in [6.07, 6.45) is 2.94. The van der Waals surface area contributed by atoms with Gasteiger partial charge in [0.25, 0.3) is 0 Å². The molecule has 0 aromatic rings. The Bertz CT molecular complexity index is 213. The molecule has 2 aliphatic rings. The van der Waals surface area contributed by atoms with Crippen molar-refractivity contribution in [1.82, 2.24) is 5.32 Å². The van der Waals surface area contributed by atoms with E-state index >= 15 is 0 Å². The van der Waals surface area contributed by atoms with Gasteiger partial charge < -0.3 is 15.2 Å². The van der Waals surface area contributed by atoms with Gasteiger partial charge in [-0.05, 0) is 25.2 Å². The van der Waals surface area contributed by atoms with Gasteiger partial charge >= 0.3 is 5.97 Å². The van der Waals surface area contributed by atoms with Crippen molar-refractivity contribution in [3.8, 4) is 0 Å². The van der Waals surface area contributed by atoms with Crippen LogP contribution in [0.4, 0.5) is 0 Å². The third-order valence-corrected chi connectivity index (χ3v) is 3.28. The number of ether oxygens (including phenoxy) is 1. The Morgan fingerprint density at radius 1 is 1.43 bits per heavy atom. The van der Waals surface area contributed by atoms with Crippen LogP contribution in [0.1, 0.15) is 19.3 Å². The molecule has 4 nitrogen and oxygen atoms in total. The zero-order valence-corrected chi connectivity index (χ0v) is 8.24. The fraction of sp³-hybridized carbons (Fsp3) is 0.900. The highest BCUT2D eigenvalue weighted by molar-refractivity contribution is 5.72. The van der Waals surface area contributed by atoms with E-state index in [0.29, 0.717) is 5.92 Å². The number of hydrogen-bond acceptors (Lipinski definition) is 3. The van der Waals surface area contributed by atoms with Crippen molar-refractivity contribution in [2.24, 2.45) is 11.8 Å². The van der Waals surface area contributed by atoms with Crippen LogP contribution in [0.5, 0.6) is 0 Å². The standard InChI is InChI=1S/C10H17NO3/c12-10(13)8-1-2-9(8)11-5-7-3-4-14-6-7/h7-9,11H,1-6H2,(H,12,13). The maximum absolute atomic E-state index is 10.7. The van der Waals surface area contributed by atoms with Gasteiger partial charge in [0.05, 0.1) is 12.5 Å². The van der Waals surface area contributed by atoms with Gasteiger partial charge in [-0.15, -0.1) is 0 Å². The summed E-state index contributed by atoms with van der Waals surface area (Å²) in [7, 11) is 0. The third kappa shape index (κ3) is 2.07. The molecule has 1 heterocycles. The van der Waals surface area contributed by atoms with Gasteiger partial charge in [0.1, 0.15) is 0 Å². The van der Waals surface area contributed by atoms with Crippen LogP contribution in [-0.2, 0) is 9.53 Å². The quantitative estimate of drug-likeness (QED) is 0.691. The molecule has 3 unspecified atom stereocenters. The fourth-order valence-electron chi connectivity index (χ4n) is 2.10. The second-order valence-corrected chi connectivity index (χ2v) is 4.27. The second kappa shape index (κ2) is 4.28. The first kappa shape index (κ1) is 9.93. The molecule has 2 fully saturated rings. The monoisotopic (exact) mass is 199 g/mol. The van der Waals surface area contributed by atoms with E-state index in [1.807, 2.05) is 0 Å². The number of carboxylic acids is 1. The minimum atomic E-state index is -0.656. The predicted molar refractivity (Wildman–Crippen MR) is 51.1 cm³/mol. The molecule has 3 atom stereocenters. The molecule has 4 heteroatoms. The van der Waals surface area contributed by atoms with Crippen molar-refractivity contribution < 1.29 is 14.6 Å². The van der Waals surface area contributed by atoms with Crippen molar-refractivity contribution in [3.05, 3.63) is 0 Å². The maximum Gasteiger partial charge on any atom is 0.308 e. The first-order valence-corrected chi connectivity index (χ1v) is 5.31. The molecule has 0 aromatic carbocycles. The molecular formula is C10H17NO3. The Labute approximate surface area is 83.6 Å². The molecule has 14 heavy (non-hydrogen) atoms. The number of carbonyl (C=O) groups is 1. The smallest absolute Gasteiger partial charge is 0.308 e. The lowest BCUT2D eigenvalue weighted by Crippen LogP contribution is -2.49. The molecule has 1 aliphatic carbocycles. The summed E-state index contributed by atoms with van der Waals surface area (Å²) >= 11 is 0. The van der Waals surface area contributed by atoms with E-state index in [4.69, 9.17) is 9.84 Å². The zero-order chi connectivity index (χ0) is 9.97. The SMILES string of the molecule is O=C(O)C1CCC1NCC1CCOC1. The van der Waals surface area contributed by atoms with Crippen molar-refractivity contribution in [1.29, 1.82) is 0 Å². The van der Waals surface area contributed by atoms with Crippen LogP contribution >= 0.6 is 0 Å². The maximum atomic E-state index is 10.7. The number of hydrogen-bond donors (Lipinski definition) is 2. The van der Waals surface area contributed by atoms with Crippen LogP contribution in [0, 0.1) is 11.8 Å². The lowest BCUT2D eigenvalue weighted by atomic mass is 9.79. The van der Waals surface area contributed by atoms with Crippen LogP contribution < -0.4 is 5.32 Å². The highest BCUT2D eigenvalue weighted by Crippen LogP contribution is 2.27. The van der Waals surface area contributed by atoms with Gasteiger partial charge in [0, 0.05) is 19.2 Å². The van der Waals surface area contributed by atoms with Crippen LogP contribution in [0.3, 0.4) is 0 Å². The van der Waals surface area contributed by atoms with Gasteiger partial charge in [0.2, 0.25) is 0 Å². The van der Waals surface area contributed by atoms with Gasteiger partial charge in [-0.25, -0.2) is 0 Å². The van der Waals surface area contributed by atoms with E-state index in [1.54, 1.807) is 0 Å². The summed E-state index contributed by atoms with van der Waals surface area (Å²) in [5.41, 5.74) is 0. The fourth-order valence-corrected chi connectivity index (χ4v) is 2.10. The van der Waals surface area contributed by atoms with E-state index in [1.165, 1.54) is 0 Å². The Balaban J connectivity index is 1.67. The number of aliphatic carboxylic acids is 1. The number of nitrogens with one attached hydrogen (secondary N) is 1. The molecule has 1 saturated heterocycles. The van der Waals surface area contributed by atoms with Crippen molar-refractivity contribution in [2.75, 3.05) is 19.8 Å². The van der Waals surface area contributed by atoms with Crippen LogP contribution in [0.25, 0.3) is 0 Å². The van der Waals surface area contributed by atoms with E-state index in [-0.39, 0.29) is 12.0 Å². The van der Waals surface area contributed by atoms with Gasteiger partial charge in [-0.3, -0.25) is 4.79 Å².